The van der Waals surface area contributed by atoms with Crippen LogP contribution in [0.15, 0.2) is 71.6 Å². The molecule has 3 aromatic carbocycles. The number of amides is 4. The maximum atomic E-state index is 13.1. The molecule has 1 fully saturated rings. The quantitative estimate of drug-likeness (QED) is 0.393. The van der Waals surface area contributed by atoms with Gasteiger partial charge in [-0.15, -0.1) is 0 Å². The van der Waals surface area contributed by atoms with Crippen molar-refractivity contribution in [2.45, 2.75) is 19.9 Å². The number of carbonyl (C=O) groups is 4. The Labute approximate surface area is 242 Å². The largest absolute Gasteiger partial charge is 0.493 e. The maximum Gasteiger partial charge on any atom is 0.294 e. The lowest BCUT2D eigenvalue weighted by Crippen LogP contribution is -2.44. The molecule has 0 bridgehead atoms. The van der Waals surface area contributed by atoms with Crippen molar-refractivity contribution in [3.05, 3.63) is 93.9 Å². The number of thioether (sulfide) groups is 1. The molecule has 0 atom stereocenters. The van der Waals surface area contributed by atoms with Crippen molar-refractivity contribution in [2.24, 2.45) is 0 Å². The van der Waals surface area contributed by atoms with Crippen LogP contribution < -0.4 is 14.8 Å². The van der Waals surface area contributed by atoms with Gasteiger partial charge >= 0.3 is 0 Å². The van der Waals surface area contributed by atoms with Gasteiger partial charge in [0, 0.05) is 18.8 Å². The second-order valence-electron chi connectivity index (χ2n) is 9.66. The minimum Gasteiger partial charge on any atom is -0.493 e. The highest BCUT2D eigenvalue weighted by molar-refractivity contribution is 8.18. The standard InChI is InChI=1S/C31H29N3O6S/c1-20-7-3-6-10-24(20)32-28(35)19-40-25-12-11-21(15-26(25)39-2)16-27-30(37)34(31(38)41-27)18-29(36)33-14-13-22-8-4-5-9-23(22)17-33/h3-12,15-16H,13-14,17-19H2,1-2H3,(H,32,35)/b27-16-. The summed E-state index contributed by atoms with van der Waals surface area (Å²) in [4.78, 5) is 53.9. The number of para-hydroxylation sites is 1. The van der Waals surface area contributed by atoms with Crippen LogP contribution in [0.5, 0.6) is 11.5 Å². The zero-order valence-electron chi connectivity index (χ0n) is 22.7. The summed E-state index contributed by atoms with van der Waals surface area (Å²) in [5.41, 5.74) is 4.54. The average Bonchev–Trinajstić information content (AvgIpc) is 3.24. The van der Waals surface area contributed by atoms with Crippen molar-refractivity contribution in [1.29, 1.82) is 0 Å². The van der Waals surface area contributed by atoms with Crippen LogP contribution in [0.1, 0.15) is 22.3 Å². The van der Waals surface area contributed by atoms with Crippen LogP contribution in [0.2, 0.25) is 0 Å². The molecule has 0 spiro atoms. The summed E-state index contributed by atoms with van der Waals surface area (Å²) >= 11 is 0.790. The molecular weight excluding hydrogens is 542 g/mol. The van der Waals surface area contributed by atoms with Crippen molar-refractivity contribution in [3.8, 4) is 11.5 Å². The van der Waals surface area contributed by atoms with E-state index in [1.54, 1.807) is 29.2 Å². The summed E-state index contributed by atoms with van der Waals surface area (Å²) in [6, 6.07) is 20.4. The van der Waals surface area contributed by atoms with Gasteiger partial charge in [0.1, 0.15) is 6.54 Å². The SMILES string of the molecule is COc1cc(/C=C2\SC(=O)N(CC(=O)N3CCc4ccccc4C3)C2=O)ccc1OCC(=O)Nc1ccccc1C. The summed E-state index contributed by atoms with van der Waals surface area (Å²) in [5.74, 6) is -0.383. The summed E-state index contributed by atoms with van der Waals surface area (Å²) in [5, 5.41) is 2.32. The number of nitrogens with one attached hydrogen (secondary N) is 1. The molecule has 3 aromatic rings. The van der Waals surface area contributed by atoms with Gasteiger partial charge in [0.2, 0.25) is 5.91 Å². The molecule has 0 aliphatic carbocycles. The van der Waals surface area contributed by atoms with Crippen molar-refractivity contribution in [1.82, 2.24) is 9.80 Å². The van der Waals surface area contributed by atoms with E-state index in [-0.39, 0.29) is 29.9 Å². The van der Waals surface area contributed by atoms with Gasteiger partial charge in [-0.25, -0.2) is 0 Å². The number of hydrogen-bond donors (Lipinski definition) is 1. The van der Waals surface area contributed by atoms with E-state index in [1.165, 1.54) is 12.7 Å². The number of rotatable bonds is 8. The minimum atomic E-state index is -0.516. The Balaban J connectivity index is 1.21. The fourth-order valence-corrected chi connectivity index (χ4v) is 5.51. The van der Waals surface area contributed by atoms with E-state index in [0.29, 0.717) is 35.8 Å². The van der Waals surface area contributed by atoms with E-state index >= 15 is 0 Å². The maximum absolute atomic E-state index is 13.1. The van der Waals surface area contributed by atoms with Crippen molar-refractivity contribution in [3.63, 3.8) is 0 Å². The van der Waals surface area contributed by atoms with Crippen LogP contribution in [-0.4, -0.2) is 59.6 Å². The lowest BCUT2D eigenvalue weighted by atomic mass is 10.00. The van der Waals surface area contributed by atoms with Crippen molar-refractivity contribution in [2.75, 3.05) is 32.1 Å². The van der Waals surface area contributed by atoms with Gasteiger partial charge in [-0.1, -0.05) is 48.5 Å². The van der Waals surface area contributed by atoms with E-state index in [4.69, 9.17) is 9.47 Å². The number of anilines is 1. The number of methoxy groups -OCH3 is 1. The normalized spacial score (nSPS) is 15.6. The molecular formula is C31H29N3O6S. The van der Waals surface area contributed by atoms with Crippen LogP contribution >= 0.6 is 11.8 Å². The highest BCUT2D eigenvalue weighted by atomic mass is 32.2. The van der Waals surface area contributed by atoms with Gasteiger partial charge < -0.3 is 19.7 Å². The second kappa shape index (κ2) is 12.3. The third kappa shape index (κ3) is 6.44. The number of aryl methyl sites for hydroxylation is 1. The number of benzene rings is 3. The van der Waals surface area contributed by atoms with E-state index in [2.05, 4.69) is 11.4 Å². The molecule has 210 valence electrons. The lowest BCUT2D eigenvalue weighted by Gasteiger charge is -2.29. The number of carbonyl (C=O) groups excluding carboxylic acids is 4. The Kier molecular flexibility index (Phi) is 8.39. The summed E-state index contributed by atoms with van der Waals surface area (Å²) in [6.07, 6.45) is 2.31. The molecule has 1 N–H and O–H groups in total. The van der Waals surface area contributed by atoms with E-state index in [0.717, 1.165) is 34.2 Å². The lowest BCUT2D eigenvalue weighted by molar-refractivity contribution is -0.136. The molecule has 0 saturated carbocycles. The first-order chi connectivity index (χ1) is 19.8. The molecule has 41 heavy (non-hydrogen) atoms. The van der Waals surface area contributed by atoms with Crippen LogP contribution in [-0.2, 0) is 27.3 Å². The topological polar surface area (TPSA) is 105 Å². The molecule has 0 unspecified atom stereocenters. The third-order valence-corrected chi connectivity index (χ3v) is 7.82. The second-order valence-corrected chi connectivity index (χ2v) is 10.7. The van der Waals surface area contributed by atoms with Crippen LogP contribution in [0, 0.1) is 6.92 Å². The molecule has 2 aliphatic heterocycles. The highest BCUT2D eigenvalue weighted by Crippen LogP contribution is 2.35. The van der Waals surface area contributed by atoms with Gasteiger partial charge in [-0.2, -0.15) is 0 Å². The first-order valence-electron chi connectivity index (χ1n) is 13.1. The number of ether oxygens (including phenoxy) is 2. The molecule has 0 aromatic heterocycles. The Bertz CT molecular complexity index is 1550. The monoisotopic (exact) mass is 571 g/mol. The smallest absolute Gasteiger partial charge is 0.294 e. The van der Waals surface area contributed by atoms with Gasteiger partial charge in [0.25, 0.3) is 17.1 Å². The molecule has 2 heterocycles. The Hall–Kier alpha value is -4.57. The minimum absolute atomic E-state index is 0.208. The predicted octanol–water partition coefficient (Wildman–Crippen LogP) is 4.64. The number of hydrogen-bond acceptors (Lipinski definition) is 7. The predicted molar refractivity (Wildman–Crippen MR) is 157 cm³/mol. The van der Waals surface area contributed by atoms with E-state index in [1.807, 2.05) is 49.4 Å². The van der Waals surface area contributed by atoms with E-state index in [9.17, 15) is 19.2 Å². The molecule has 9 nitrogen and oxygen atoms in total. The third-order valence-electron chi connectivity index (χ3n) is 6.91. The molecule has 10 heteroatoms. The van der Waals surface area contributed by atoms with Gasteiger partial charge in [-0.3, -0.25) is 24.1 Å². The summed E-state index contributed by atoms with van der Waals surface area (Å²) in [7, 11) is 1.47. The zero-order chi connectivity index (χ0) is 28.9. The molecule has 2 aliphatic rings. The Morgan fingerprint density at radius 3 is 2.54 bits per heavy atom. The average molecular weight is 572 g/mol. The van der Waals surface area contributed by atoms with Crippen LogP contribution in [0.25, 0.3) is 6.08 Å². The molecule has 5 rings (SSSR count). The summed E-state index contributed by atoms with van der Waals surface area (Å²) in [6.45, 7) is 2.38. The number of imide groups is 1. The first kappa shape index (κ1) is 28.0. The van der Waals surface area contributed by atoms with Gasteiger partial charge in [0.05, 0.1) is 12.0 Å². The number of fused-ring (bicyclic) bond motifs is 1. The van der Waals surface area contributed by atoms with Gasteiger partial charge in [0.15, 0.2) is 18.1 Å². The van der Waals surface area contributed by atoms with Crippen LogP contribution in [0.3, 0.4) is 0 Å². The number of nitrogens with zero attached hydrogens (tertiary/aromatic N) is 2. The molecule has 1 saturated heterocycles. The summed E-state index contributed by atoms with van der Waals surface area (Å²) < 4.78 is 11.1. The van der Waals surface area contributed by atoms with E-state index < -0.39 is 11.1 Å². The van der Waals surface area contributed by atoms with Crippen LogP contribution in [0.4, 0.5) is 10.5 Å². The Morgan fingerprint density at radius 2 is 1.76 bits per heavy atom. The fourth-order valence-electron chi connectivity index (χ4n) is 4.67. The fraction of sp³-hybridized carbons (Fsp3) is 0.226. The first-order valence-corrected chi connectivity index (χ1v) is 13.9. The van der Waals surface area contributed by atoms with Crippen molar-refractivity contribution < 1.29 is 28.7 Å². The van der Waals surface area contributed by atoms with Crippen molar-refractivity contribution >= 4 is 46.5 Å². The highest BCUT2D eigenvalue weighted by Gasteiger charge is 2.37. The zero-order valence-corrected chi connectivity index (χ0v) is 23.5. The molecule has 0 radical (unpaired) electrons. The Morgan fingerprint density at radius 1 is 1.00 bits per heavy atom. The molecule has 4 amide bonds. The van der Waals surface area contributed by atoms with Gasteiger partial charge in [-0.05, 0) is 71.6 Å².